The predicted octanol–water partition coefficient (Wildman–Crippen LogP) is 2.07. The lowest BCUT2D eigenvalue weighted by Crippen LogP contribution is -2.23. The Morgan fingerprint density at radius 3 is 3.00 bits per heavy atom. The largest absolute Gasteiger partial charge is 0.358 e. The normalized spacial score (nSPS) is 15.2. The number of likely N-dealkylation sites (tertiary alicyclic amines) is 1. The number of fused-ring (bicyclic) bond motifs is 1. The van der Waals surface area contributed by atoms with E-state index in [1.54, 1.807) is 11.8 Å². The van der Waals surface area contributed by atoms with Gasteiger partial charge in [-0.05, 0) is 19.8 Å². The summed E-state index contributed by atoms with van der Waals surface area (Å²) in [5, 5.41) is 5.19. The number of thiocarbonyl (C=S) groups is 1. The molecule has 5 nitrogen and oxygen atoms in total. The van der Waals surface area contributed by atoms with Gasteiger partial charge in [0.1, 0.15) is 9.33 Å². The van der Waals surface area contributed by atoms with Gasteiger partial charge in [0.25, 0.3) is 5.56 Å². The Kier molecular flexibility index (Phi) is 4.04. The molecule has 1 saturated heterocycles. The summed E-state index contributed by atoms with van der Waals surface area (Å²) in [5.41, 5.74) is 0.604. The maximum Gasteiger partial charge on any atom is 0.275 e. The Labute approximate surface area is 130 Å². The number of nitrogens with zero attached hydrogens (tertiary/aromatic N) is 4. The first kappa shape index (κ1) is 14.0. The molecule has 0 amide bonds. The maximum absolute atomic E-state index is 11.8. The van der Waals surface area contributed by atoms with Crippen molar-refractivity contribution in [3.63, 3.8) is 0 Å². The van der Waals surface area contributed by atoms with Crippen LogP contribution in [-0.4, -0.2) is 36.9 Å². The zero-order valence-electron chi connectivity index (χ0n) is 11.0. The van der Waals surface area contributed by atoms with Crippen LogP contribution < -0.4 is 5.56 Å². The van der Waals surface area contributed by atoms with Gasteiger partial charge in [0.05, 0.1) is 5.75 Å². The molecule has 0 atom stereocenters. The van der Waals surface area contributed by atoms with E-state index in [0.717, 1.165) is 28.1 Å². The molecule has 0 saturated carbocycles. The number of rotatable bonds is 2. The highest BCUT2D eigenvalue weighted by atomic mass is 32.2. The Hall–Kier alpha value is -0.990. The molecule has 0 aliphatic carbocycles. The highest BCUT2D eigenvalue weighted by Crippen LogP contribution is 2.22. The van der Waals surface area contributed by atoms with Crippen molar-refractivity contribution in [2.75, 3.05) is 13.1 Å². The molecule has 0 N–H and O–H groups in total. The lowest BCUT2D eigenvalue weighted by molar-refractivity contribution is 0.539. The van der Waals surface area contributed by atoms with Gasteiger partial charge in [-0.1, -0.05) is 35.3 Å². The first-order chi connectivity index (χ1) is 9.63. The average Bonchev–Trinajstić information content (AvgIpc) is 3.04. The third-order valence-corrected chi connectivity index (χ3v) is 5.72. The molecule has 3 heterocycles. The summed E-state index contributed by atoms with van der Waals surface area (Å²) in [6, 6.07) is 1.50. The molecular weight excluding hydrogens is 312 g/mol. The number of hydrogen-bond donors (Lipinski definition) is 0. The van der Waals surface area contributed by atoms with Crippen LogP contribution in [0.5, 0.6) is 0 Å². The van der Waals surface area contributed by atoms with Gasteiger partial charge >= 0.3 is 0 Å². The molecule has 0 spiro atoms. The fourth-order valence-electron chi connectivity index (χ4n) is 2.13. The monoisotopic (exact) mass is 326 g/mol. The molecule has 3 rings (SSSR count). The van der Waals surface area contributed by atoms with Crippen LogP contribution in [0.2, 0.25) is 0 Å². The highest BCUT2D eigenvalue weighted by molar-refractivity contribution is 8.22. The summed E-state index contributed by atoms with van der Waals surface area (Å²) in [5.74, 6) is 0.696. The molecule has 20 heavy (non-hydrogen) atoms. The van der Waals surface area contributed by atoms with Gasteiger partial charge in [0.15, 0.2) is 0 Å². The molecule has 2 aromatic heterocycles. The van der Waals surface area contributed by atoms with Crippen molar-refractivity contribution in [1.82, 2.24) is 19.5 Å². The van der Waals surface area contributed by atoms with Gasteiger partial charge < -0.3 is 4.90 Å². The molecule has 8 heteroatoms. The van der Waals surface area contributed by atoms with Crippen molar-refractivity contribution in [2.24, 2.45) is 0 Å². The molecular formula is C12H14N4OS3. The van der Waals surface area contributed by atoms with Crippen molar-refractivity contribution >= 4 is 44.6 Å². The van der Waals surface area contributed by atoms with E-state index >= 15 is 0 Å². The second-order valence-corrected chi connectivity index (χ2v) is 7.32. The molecule has 0 bridgehead atoms. The zero-order chi connectivity index (χ0) is 14.1. The van der Waals surface area contributed by atoms with Gasteiger partial charge in [-0.3, -0.25) is 4.79 Å². The van der Waals surface area contributed by atoms with Crippen molar-refractivity contribution in [3.05, 3.63) is 27.1 Å². The van der Waals surface area contributed by atoms with Crippen LogP contribution in [0.25, 0.3) is 4.96 Å². The van der Waals surface area contributed by atoms with Gasteiger partial charge in [-0.2, -0.15) is 9.61 Å². The van der Waals surface area contributed by atoms with E-state index in [9.17, 15) is 4.79 Å². The van der Waals surface area contributed by atoms with Gasteiger partial charge in [0.2, 0.25) is 4.96 Å². The number of hydrogen-bond acceptors (Lipinski definition) is 6. The summed E-state index contributed by atoms with van der Waals surface area (Å²) in [6.07, 6.45) is 2.45. The van der Waals surface area contributed by atoms with E-state index in [4.69, 9.17) is 12.2 Å². The van der Waals surface area contributed by atoms with Crippen molar-refractivity contribution in [2.45, 2.75) is 25.5 Å². The fourth-order valence-corrected chi connectivity index (χ4v) is 4.31. The minimum Gasteiger partial charge on any atom is -0.358 e. The lowest BCUT2D eigenvalue weighted by atomic mass is 10.4. The Bertz CT molecular complexity index is 702. The third-order valence-electron chi connectivity index (χ3n) is 3.10. The van der Waals surface area contributed by atoms with Crippen LogP contribution in [0.3, 0.4) is 0 Å². The fraction of sp³-hybridized carbons (Fsp3) is 0.500. The summed E-state index contributed by atoms with van der Waals surface area (Å²) in [6.45, 7) is 3.94. The smallest absolute Gasteiger partial charge is 0.275 e. The number of thioether (sulfide) groups is 1. The molecule has 1 aliphatic heterocycles. The maximum atomic E-state index is 11.8. The zero-order valence-corrected chi connectivity index (χ0v) is 13.5. The SMILES string of the molecule is Cc1cc(=O)n2nc(CSC(=S)N3CCCC3)sc2n1. The molecule has 106 valence electrons. The molecule has 0 radical (unpaired) electrons. The van der Waals surface area contributed by atoms with Gasteiger partial charge in [-0.15, -0.1) is 0 Å². The van der Waals surface area contributed by atoms with E-state index in [1.165, 1.54) is 34.8 Å². The first-order valence-corrected chi connectivity index (χ1v) is 8.62. The van der Waals surface area contributed by atoms with Crippen LogP contribution in [-0.2, 0) is 5.75 Å². The topological polar surface area (TPSA) is 50.5 Å². The van der Waals surface area contributed by atoms with E-state index < -0.39 is 0 Å². The van der Waals surface area contributed by atoms with Crippen LogP contribution in [0.15, 0.2) is 10.9 Å². The second kappa shape index (κ2) is 5.79. The molecule has 0 unspecified atom stereocenters. The van der Waals surface area contributed by atoms with Crippen LogP contribution >= 0.6 is 35.3 Å². The lowest BCUT2D eigenvalue weighted by Gasteiger charge is -2.16. The van der Waals surface area contributed by atoms with E-state index in [0.29, 0.717) is 10.7 Å². The van der Waals surface area contributed by atoms with Crippen molar-refractivity contribution < 1.29 is 0 Å². The number of aryl methyl sites for hydroxylation is 1. The quantitative estimate of drug-likeness (QED) is 0.788. The Balaban J connectivity index is 1.73. The third kappa shape index (κ3) is 2.87. The average molecular weight is 326 g/mol. The van der Waals surface area contributed by atoms with E-state index in [-0.39, 0.29) is 5.56 Å². The molecule has 0 aromatic carbocycles. The van der Waals surface area contributed by atoms with Crippen LogP contribution in [0, 0.1) is 6.92 Å². The van der Waals surface area contributed by atoms with E-state index in [2.05, 4.69) is 15.0 Å². The summed E-state index contributed by atoms with van der Waals surface area (Å²) < 4.78 is 2.30. The molecule has 1 aliphatic rings. The predicted molar refractivity (Wildman–Crippen MR) is 86.6 cm³/mol. The minimum atomic E-state index is -0.123. The summed E-state index contributed by atoms with van der Waals surface area (Å²) in [4.78, 5) is 19.0. The van der Waals surface area contributed by atoms with Crippen LogP contribution in [0.1, 0.15) is 23.5 Å². The Morgan fingerprint density at radius 2 is 2.25 bits per heavy atom. The van der Waals surface area contributed by atoms with Crippen molar-refractivity contribution in [1.29, 1.82) is 0 Å². The summed E-state index contributed by atoms with van der Waals surface area (Å²) in [7, 11) is 0. The van der Waals surface area contributed by atoms with E-state index in [1.807, 2.05) is 6.92 Å². The first-order valence-electron chi connectivity index (χ1n) is 6.41. The molecule has 1 fully saturated rings. The molecule has 2 aromatic rings. The minimum absolute atomic E-state index is 0.123. The second-order valence-electron chi connectivity index (χ2n) is 4.67. The highest BCUT2D eigenvalue weighted by Gasteiger charge is 2.16. The van der Waals surface area contributed by atoms with Crippen LogP contribution in [0.4, 0.5) is 0 Å². The van der Waals surface area contributed by atoms with Gasteiger partial charge in [-0.25, -0.2) is 4.98 Å². The standard InChI is InChI=1S/C12H14N4OS3/c1-8-6-10(17)16-11(13-8)20-9(14-16)7-19-12(18)15-4-2-3-5-15/h6H,2-5,7H2,1H3. The van der Waals surface area contributed by atoms with Crippen molar-refractivity contribution in [3.8, 4) is 0 Å². The summed E-state index contributed by atoms with van der Waals surface area (Å²) >= 11 is 8.49. The number of aromatic nitrogens is 3. The van der Waals surface area contributed by atoms with Gasteiger partial charge in [0, 0.05) is 24.8 Å². The Morgan fingerprint density at radius 1 is 1.50 bits per heavy atom.